The highest BCUT2D eigenvalue weighted by Crippen LogP contribution is 2.29. The lowest BCUT2D eigenvalue weighted by molar-refractivity contribution is 0.0909. The van der Waals surface area contributed by atoms with Crippen molar-refractivity contribution < 1.29 is 9.53 Å². The van der Waals surface area contributed by atoms with Crippen LogP contribution in [0.1, 0.15) is 22.3 Å². The van der Waals surface area contributed by atoms with Gasteiger partial charge in [0.15, 0.2) is 0 Å². The topological polar surface area (TPSA) is 51.2 Å². The van der Waals surface area contributed by atoms with Crippen LogP contribution >= 0.6 is 22.9 Å². The molecule has 0 unspecified atom stereocenters. The molecule has 0 spiro atoms. The second-order valence-electron chi connectivity index (χ2n) is 4.77. The van der Waals surface area contributed by atoms with Gasteiger partial charge in [0.25, 0.3) is 5.91 Å². The van der Waals surface area contributed by atoms with Gasteiger partial charge in [0, 0.05) is 23.7 Å². The molecule has 0 saturated carbocycles. The molecule has 1 atom stereocenters. The predicted molar refractivity (Wildman–Crippen MR) is 86.1 cm³/mol. The fourth-order valence-corrected chi connectivity index (χ4v) is 3.09. The first-order valence-corrected chi connectivity index (χ1v) is 7.74. The molecule has 1 aromatic carbocycles. The molecule has 0 fully saturated rings. The number of thiazole rings is 1. The van der Waals surface area contributed by atoms with Crippen molar-refractivity contribution in [2.45, 2.75) is 19.9 Å². The number of carbonyl (C=O) groups excluding carboxylic acids is 1. The fourth-order valence-electron chi connectivity index (χ4n) is 1.93. The zero-order valence-electron chi connectivity index (χ0n) is 12.1. The van der Waals surface area contributed by atoms with Gasteiger partial charge in [-0.15, -0.1) is 11.3 Å². The van der Waals surface area contributed by atoms with E-state index < -0.39 is 0 Å². The first kappa shape index (κ1) is 15.9. The number of hydrogen-bond acceptors (Lipinski definition) is 4. The van der Waals surface area contributed by atoms with Crippen LogP contribution in [0.15, 0.2) is 24.3 Å². The monoisotopic (exact) mass is 324 g/mol. The summed E-state index contributed by atoms with van der Waals surface area (Å²) in [5, 5.41) is 4.34. The Morgan fingerprint density at radius 2 is 2.29 bits per heavy atom. The summed E-state index contributed by atoms with van der Waals surface area (Å²) in [6.45, 7) is 4.21. The molecular weight excluding hydrogens is 308 g/mol. The van der Waals surface area contributed by atoms with Crippen molar-refractivity contribution in [1.29, 1.82) is 0 Å². The molecule has 1 amide bonds. The standard InChI is InChI=1S/C15H17ClN2O2S/c1-9(8-20-3)17-14(19)13-10(2)18-15(21-13)11-5-4-6-12(16)7-11/h4-7,9H,8H2,1-3H3,(H,17,19)/t9-/m0/s1. The average molecular weight is 325 g/mol. The summed E-state index contributed by atoms with van der Waals surface area (Å²) in [6.07, 6.45) is 0. The third kappa shape index (κ3) is 4.03. The van der Waals surface area contributed by atoms with Crippen LogP contribution in [0.3, 0.4) is 0 Å². The maximum absolute atomic E-state index is 12.2. The molecule has 0 radical (unpaired) electrons. The first-order valence-electron chi connectivity index (χ1n) is 6.54. The summed E-state index contributed by atoms with van der Waals surface area (Å²) >= 11 is 7.36. The number of nitrogens with zero attached hydrogens (tertiary/aromatic N) is 1. The Hall–Kier alpha value is -1.43. The summed E-state index contributed by atoms with van der Waals surface area (Å²) in [6, 6.07) is 7.41. The van der Waals surface area contributed by atoms with Crippen molar-refractivity contribution in [3.05, 3.63) is 39.9 Å². The Morgan fingerprint density at radius 3 is 2.95 bits per heavy atom. The molecule has 0 saturated heterocycles. The summed E-state index contributed by atoms with van der Waals surface area (Å²) in [7, 11) is 1.61. The molecule has 4 nitrogen and oxygen atoms in total. The zero-order chi connectivity index (χ0) is 15.4. The van der Waals surface area contributed by atoms with Crippen molar-refractivity contribution in [3.63, 3.8) is 0 Å². The van der Waals surface area contributed by atoms with Gasteiger partial charge < -0.3 is 10.1 Å². The van der Waals surface area contributed by atoms with Crippen LogP contribution in [0.4, 0.5) is 0 Å². The van der Waals surface area contributed by atoms with Crippen molar-refractivity contribution in [2.24, 2.45) is 0 Å². The lowest BCUT2D eigenvalue weighted by atomic mass is 10.2. The highest BCUT2D eigenvalue weighted by molar-refractivity contribution is 7.17. The van der Waals surface area contributed by atoms with Gasteiger partial charge in [0.2, 0.25) is 0 Å². The lowest BCUT2D eigenvalue weighted by Crippen LogP contribution is -2.35. The van der Waals surface area contributed by atoms with Gasteiger partial charge in [0.1, 0.15) is 9.88 Å². The maximum Gasteiger partial charge on any atom is 0.263 e. The van der Waals surface area contributed by atoms with E-state index in [4.69, 9.17) is 16.3 Å². The van der Waals surface area contributed by atoms with Crippen LogP contribution in [0.5, 0.6) is 0 Å². The van der Waals surface area contributed by atoms with Gasteiger partial charge in [-0.3, -0.25) is 4.79 Å². The summed E-state index contributed by atoms with van der Waals surface area (Å²) < 4.78 is 5.02. The van der Waals surface area contributed by atoms with Gasteiger partial charge in [-0.25, -0.2) is 4.98 Å². The van der Waals surface area contributed by atoms with E-state index >= 15 is 0 Å². The number of aryl methyl sites for hydroxylation is 1. The molecule has 0 aliphatic carbocycles. The summed E-state index contributed by atoms with van der Waals surface area (Å²) in [4.78, 5) is 17.3. The van der Waals surface area contributed by atoms with E-state index in [1.807, 2.05) is 38.1 Å². The minimum absolute atomic E-state index is 0.0429. The molecule has 6 heteroatoms. The van der Waals surface area contributed by atoms with Gasteiger partial charge in [-0.05, 0) is 26.0 Å². The van der Waals surface area contributed by atoms with Crippen LogP contribution in [0.25, 0.3) is 10.6 Å². The van der Waals surface area contributed by atoms with E-state index in [2.05, 4.69) is 10.3 Å². The number of hydrogen-bond donors (Lipinski definition) is 1. The van der Waals surface area contributed by atoms with Crippen molar-refractivity contribution >= 4 is 28.8 Å². The van der Waals surface area contributed by atoms with Crippen LogP contribution in [-0.2, 0) is 4.74 Å². The Morgan fingerprint density at radius 1 is 1.52 bits per heavy atom. The van der Waals surface area contributed by atoms with Crippen LogP contribution in [0.2, 0.25) is 5.02 Å². The molecule has 1 heterocycles. The maximum atomic E-state index is 12.2. The van der Waals surface area contributed by atoms with E-state index in [9.17, 15) is 4.79 Å². The molecule has 2 aromatic rings. The predicted octanol–water partition coefficient (Wildman–Crippen LogP) is 3.54. The van der Waals surface area contributed by atoms with Gasteiger partial charge in [0.05, 0.1) is 12.3 Å². The van der Waals surface area contributed by atoms with Gasteiger partial charge in [-0.2, -0.15) is 0 Å². The Labute approximate surface area is 133 Å². The number of carbonyl (C=O) groups is 1. The van der Waals surface area contributed by atoms with Gasteiger partial charge >= 0.3 is 0 Å². The molecule has 112 valence electrons. The molecule has 0 bridgehead atoms. The molecule has 2 rings (SSSR count). The van der Waals surface area contributed by atoms with Crippen LogP contribution in [0, 0.1) is 6.92 Å². The van der Waals surface area contributed by atoms with Crippen molar-refractivity contribution in [1.82, 2.24) is 10.3 Å². The minimum Gasteiger partial charge on any atom is -0.383 e. The second-order valence-corrected chi connectivity index (χ2v) is 6.21. The summed E-state index contributed by atoms with van der Waals surface area (Å²) in [5.41, 5.74) is 1.64. The largest absolute Gasteiger partial charge is 0.383 e. The quantitative estimate of drug-likeness (QED) is 0.915. The van der Waals surface area contributed by atoms with Crippen LogP contribution < -0.4 is 5.32 Å². The molecule has 0 aliphatic heterocycles. The summed E-state index contributed by atoms with van der Waals surface area (Å²) in [5.74, 6) is -0.122. The zero-order valence-corrected chi connectivity index (χ0v) is 13.7. The van der Waals surface area contributed by atoms with E-state index in [1.54, 1.807) is 7.11 Å². The number of halogens is 1. The number of ether oxygens (including phenoxy) is 1. The second kappa shape index (κ2) is 7.02. The minimum atomic E-state index is -0.122. The molecule has 1 N–H and O–H groups in total. The smallest absolute Gasteiger partial charge is 0.263 e. The molecular formula is C15H17ClN2O2S. The SMILES string of the molecule is COC[C@H](C)NC(=O)c1sc(-c2cccc(Cl)c2)nc1C. The molecule has 21 heavy (non-hydrogen) atoms. The highest BCUT2D eigenvalue weighted by atomic mass is 35.5. The van der Waals surface area contributed by atoms with Crippen molar-refractivity contribution in [2.75, 3.05) is 13.7 Å². The van der Waals surface area contributed by atoms with E-state index in [1.165, 1.54) is 11.3 Å². The van der Waals surface area contributed by atoms with E-state index in [0.29, 0.717) is 16.5 Å². The number of rotatable bonds is 5. The number of aromatic nitrogens is 1. The first-order chi connectivity index (χ1) is 10.0. The number of nitrogens with one attached hydrogen (secondary N) is 1. The number of amides is 1. The Balaban J connectivity index is 2.21. The number of methoxy groups -OCH3 is 1. The Kier molecular flexibility index (Phi) is 5.33. The average Bonchev–Trinajstić information content (AvgIpc) is 2.81. The third-order valence-corrected chi connectivity index (χ3v) is 4.31. The number of benzene rings is 1. The van der Waals surface area contributed by atoms with Crippen LogP contribution in [-0.4, -0.2) is 30.6 Å². The highest BCUT2D eigenvalue weighted by Gasteiger charge is 2.17. The Bertz CT molecular complexity index is 642. The molecule has 0 aliphatic rings. The van der Waals surface area contributed by atoms with Gasteiger partial charge in [-0.1, -0.05) is 23.7 Å². The van der Waals surface area contributed by atoms with Crippen molar-refractivity contribution in [3.8, 4) is 10.6 Å². The van der Waals surface area contributed by atoms with E-state index in [-0.39, 0.29) is 11.9 Å². The normalized spacial score (nSPS) is 12.2. The fraction of sp³-hybridized carbons (Fsp3) is 0.333. The molecule has 1 aromatic heterocycles. The third-order valence-electron chi connectivity index (χ3n) is 2.87. The van der Waals surface area contributed by atoms with E-state index in [0.717, 1.165) is 16.3 Å². The lowest BCUT2D eigenvalue weighted by Gasteiger charge is -2.11.